The molecule has 2 saturated carbocycles. The summed E-state index contributed by atoms with van der Waals surface area (Å²) in [6.45, 7) is 38.5. The fraction of sp³-hybridized carbons (Fsp3) is 0.706. The predicted octanol–water partition coefficient (Wildman–Crippen LogP) is 9.51. The summed E-state index contributed by atoms with van der Waals surface area (Å²) in [6, 6.07) is 0. The number of hydrogen-bond donors (Lipinski definition) is 0. The number of ether oxygens (including phenoxy) is 2. The average Bonchev–Trinajstić information content (AvgIpc) is 3.59. The van der Waals surface area contributed by atoms with Crippen molar-refractivity contribution in [2.45, 2.75) is 120 Å². The number of rotatable bonds is 4. The average molecular weight is 737 g/mol. The molecule has 40 heavy (non-hydrogen) atoms. The first-order valence-corrected chi connectivity index (χ1v) is 25.5. The minimum Gasteiger partial charge on any atom is -0.381 e. The molecule has 0 atom stereocenters. The van der Waals surface area contributed by atoms with Crippen LogP contribution in [0.1, 0.15) is 67.2 Å². The maximum atomic E-state index is 4.94. The Bertz CT molecular complexity index is 646. The number of hydrogen-bond acceptors (Lipinski definition) is 2. The van der Waals surface area contributed by atoms with Crippen LogP contribution in [0.5, 0.6) is 0 Å². The van der Waals surface area contributed by atoms with Crippen LogP contribution >= 0.6 is 0 Å². The molecule has 0 aromatic heterocycles. The van der Waals surface area contributed by atoms with Gasteiger partial charge < -0.3 is 9.47 Å². The zero-order valence-corrected chi connectivity index (χ0v) is 34.3. The van der Waals surface area contributed by atoms with Crippen molar-refractivity contribution >= 4 is 24.2 Å². The van der Waals surface area contributed by atoms with Gasteiger partial charge >= 0.3 is 0 Å². The van der Waals surface area contributed by atoms with Gasteiger partial charge in [-0.1, -0.05) is 93.9 Å². The molecule has 2 aliphatic carbocycles. The van der Waals surface area contributed by atoms with Gasteiger partial charge in [0.2, 0.25) is 0 Å². The summed E-state index contributed by atoms with van der Waals surface area (Å²) in [4.78, 5) is 0. The fourth-order valence-electron chi connectivity index (χ4n) is 5.32. The van der Waals surface area contributed by atoms with Crippen molar-refractivity contribution in [2.24, 2.45) is 10.8 Å². The molecule has 2 nitrogen and oxygen atoms in total. The summed E-state index contributed by atoms with van der Waals surface area (Å²) in [5.74, 6) is 3.06. The second-order valence-corrected chi connectivity index (χ2v) is 30.8. The molecule has 0 spiro atoms. The quantitative estimate of drug-likeness (QED) is 0.268. The molecule has 10 radical (unpaired) electrons. The van der Waals surface area contributed by atoms with Crippen molar-refractivity contribution in [3.63, 3.8) is 0 Å². The third-order valence-electron chi connectivity index (χ3n) is 8.13. The molecule has 228 valence electrons. The standard InChI is InChI=1S/C26H46Si3.2C4H8O.Sm/c1-25(2,3)19-15-21(27(7,8)9)23(17-19)29(13,14)24-18-20(26(4,5)6)16-22(24)28(10,11)12;2*1-2-4-5-3-1;/h15-18H,1-14H3;2*1-4H2;. The monoisotopic (exact) mass is 738 g/mol. The van der Waals surface area contributed by atoms with Gasteiger partial charge in [-0.05, 0) is 96.2 Å². The Morgan fingerprint density at radius 3 is 0.900 bits per heavy atom. The van der Waals surface area contributed by atoms with E-state index in [1.807, 2.05) is 0 Å². The third kappa shape index (κ3) is 11.7. The Morgan fingerprint density at radius 1 is 0.475 bits per heavy atom. The van der Waals surface area contributed by atoms with E-state index >= 15 is 0 Å². The van der Waals surface area contributed by atoms with Crippen LogP contribution in [0.3, 0.4) is 0 Å². The molecule has 2 heterocycles. The first kappa shape index (κ1) is 39.9. The largest absolute Gasteiger partial charge is 0.381 e. The summed E-state index contributed by atoms with van der Waals surface area (Å²) in [6.07, 6.45) is 15.5. The van der Waals surface area contributed by atoms with Crippen molar-refractivity contribution in [3.05, 3.63) is 59.7 Å². The molecule has 0 amide bonds. The molecular weight excluding hydrogens is 675 g/mol. The SMILES string of the molecule is C1CCOC1.C1CCOC1.CC(C)(C)[C]1[CH][C]([Si](C)(C)C)[C]([Si](C)(C)[C]2[CH][C](C(C)(C)C)[CH][C]2[Si](C)(C)C)[CH]1.[Sm]. The minimum absolute atomic E-state index is 0. The van der Waals surface area contributed by atoms with Crippen LogP contribution in [-0.2, 0) is 9.47 Å². The van der Waals surface area contributed by atoms with Gasteiger partial charge in [0.15, 0.2) is 0 Å². The molecular formula is C34H62O2Si3Sm. The zero-order chi connectivity index (χ0) is 29.9. The molecule has 0 bridgehead atoms. The van der Waals surface area contributed by atoms with Gasteiger partial charge in [-0.25, -0.2) is 0 Å². The topological polar surface area (TPSA) is 18.5 Å². The molecule has 2 saturated heterocycles. The third-order valence-corrected chi connectivity index (χ3v) is 16.2. The Balaban J connectivity index is 0.000000603. The van der Waals surface area contributed by atoms with E-state index in [9.17, 15) is 0 Å². The normalized spacial score (nSPS) is 23.6. The van der Waals surface area contributed by atoms with Crippen molar-refractivity contribution in [2.75, 3.05) is 26.4 Å². The van der Waals surface area contributed by atoms with Crippen LogP contribution in [0.2, 0.25) is 52.4 Å². The maximum Gasteiger partial charge on any atom is 0.0618 e. The van der Waals surface area contributed by atoms with Gasteiger partial charge in [-0.2, -0.15) is 0 Å². The molecule has 0 unspecified atom stereocenters. The summed E-state index contributed by atoms with van der Waals surface area (Å²) in [5, 5.41) is 0. The molecule has 2 aliphatic heterocycles. The van der Waals surface area contributed by atoms with E-state index in [-0.39, 0.29) is 51.2 Å². The Hall–Kier alpha value is 1.91. The predicted molar refractivity (Wildman–Crippen MR) is 180 cm³/mol. The van der Waals surface area contributed by atoms with E-state index in [1.165, 1.54) is 37.5 Å². The molecule has 4 rings (SSSR count). The van der Waals surface area contributed by atoms with E-state index in [4.69, 9.17) is 9.47 Å². The molecule has 6 heteroatoms. The van der Waals surface area contributed by atoms with Crippen LogP contribution in [0.15, 0.2) is 0 Å². The summed E-state index contributed by atoms with van der Waals surface area (Å²) in [5.41, 5.74) is 7.26. The van der Waals surface area contributed by atoms with Gasteiger partial charge in [-0.3, -0.25) is 0 Å². The van der Waals surface area contributed by atoms with E-state index < -0.39 is 24.2 Å². The van der Waals surface area contributed by atoms with E-state index in [0.717, 1.165) is 26.4 Å². The first-order chi connectivity index (χ1) is 17.7. The molecule has 4 aliphatic rings. The second-order valence-electron chi connectivity index (χ2n) is 16.4. The summed E-state index contributed by atoms with van der Waals surface area (Å²) < 4.78 is 9.89. The van der Waals surface area contributed by atoms with E-state index in [1.54, 1.807) is 22.2 Å². The van der Waals surface area contributed by atoms with Crippen molar-refractivity contribution in [1.29, 1.82) is 0 Å². The molecule has 0 N–H and O–H groups in total. The van der Waals surface area contributed by atoms with Crippen LogP contribution in [0.4, 0.5) is 0 Å². The van der Waals surface area contributed by atoms with Crippen molar-refractivity contribution < 1.29 is 49.9 Å². The summed E-state index contributed by atoms with van der Waals surface area (Å²) >= 11 is 0. The zero-order valence-electron chi connectivity index (χ0n) is 28.7. The van der Waals surface area contributed by atoms with Gasteiger partial charge in [0.25, 0.3) is 0 Å². The van der Waals surface area contributed by atoms with Gasteiger partial charge in [-0.15, -0.1) is 0 Å². The second kappa shape index (κ2) is 16.0. The van der Waals surface area contributed by atoms with Crippen LogP contribution in [0.25, 0.3) is 0 Å². The smallest absolute Gasteiger partial charge is 0.0618 e. The van der Waals surface area contributed by atoms with Gasteiger partial charge in [0.1, 0.15) is 0 Å². The van der Waals surface area contributed by atoms with Crippen LogP contribution < -0.4 is 0 Å². The van der Waals surface area contributed by atoms with Crippen LogP contribution in [0, 0.1) is 111 Å². The van der Waals surface area contributed by atoms with Gasteiger partial charge in [0.05, 0.1) is 24.2 Å². The Labute approximate surface area is 288 Å². The van der Waals surface area contributed by atoms with Crippen molar-refractivity contribution in [3.8, 4) is 0 Å². The fourth-order valence-corrected chi connectivity index (χ4v) is 15.2. The molecule has 4 fully saturated rings. The molecule has 0 aromatic carbocycles. The van der Waals surface area contributed by atoms with Gasteiger partial charge in [0, 0.05) is 66.8 Å². The Morgan fingerprint density at radius 2 is 0.725 bits per heavy atom. The maximum absolute atomic E-state index is 4.94. The molecule has 0 aromatic rings. The first-order valence-electron chi connectivity index (χ1n) is 15.5. The minimum atomic E-state index is -1.81. The summed E-state index contributed by atoms with van der Waals surface area (Å²) in [7, 11) is -4.66. The Kier molecular flexibility index (Phi) is 15.9. The van der Waals surface area contributed by atoms with Crippen molar-refractivity contribution in [1.82, 2.24) is 0 Å². The van der Waals surface area contributed by atoms with Crippen LogP contribution in [-0.4, -0.2) is 50.6 Å². The van der Waals surface area contributed by atoms with E-state index in [2.05, 4.69) is 120 Å². The van der Waals surface area contributed by atoms with E-state index in [0.29, 0.717) is 0 Å².